The van der Waals surface area contributed by atoms with Crippen molar-refractivity contribution in [2.45, 2.75) is 13.5 Å². The molecule has 2 rings (SSSR count). The first kappa shape index (κ1) is 12.3. The Kier molecular flexibility index (Phi) is 3.38. The lowest BCUT2D eigenvalue weighted by Crippen LogP contribution is -2.04. The van der Waals surface area contributed by atoms with E-state index in [1.54, 1.807) is 13.2 Å². The molecular formula is C12H13N3O3. The van der Waals surface area contributed by atoms with Gasteiger partial charge in [-0.25, -0.2) is 4.98 Å². The molecule has 6 nitrogen and oxygen atoms in total. The van der Waals surface area contributed by atoms with Crippen molar-refractivity contribution in [2.75, 3.05) is 7.05 Å². The summed E-state index contributed by atoms with van der Waals surface area (Å²) in [6.45, 7) is 2.39. The van der Waals surface area contributed by atoms with Crippen LogP contribution in [0.15, 0.2) is 28.9 Å². The minimum Gasteiger partial charge on any atom is -0.444 e. The number of non-ortho nitro benzene ring substituents is 1. The summed E-state index contributed by atoms with van der Waals surface area (Å²) in [4.78, 5) is 14.6. The molecule has 0 aliphatic carbocycles. The maximum absolute atomic E-state index is 10.8. The Bertz CT molecular complexity index is 578. The zero-order valence-corrected chi connectivity index (χ0v) is 10.1. The second kappa shape index (κ2) is 4.97. The first-order chi connectivity index (χ1) is 8.60. The number of nitro groups is 1. The third-order valence-corrected chi connectivity index (χ3v) is 2.43. The molecule has 0 fully saturated rings. The molecule has 0 unspecified atom stereocenters. The van der Waals surface area contributed by atoms with E-state index in [0.29, 0.717) is 18.0 Å². The molecule has 0 aliphatic rings. The summed E-state index contributed by atoms with van der Waals surface area (Å²) in [6, 6.07) is 4.78. The smallest absolute Gasteiger partial charge is 0.270 e. The summed E-state index contributed by atoms with van der Waals surface area (Å²) >= 11 is 0. The zero-order chi connectivity index (χ0) is 13.1. The molecule has 94 valence electrons. The number of nitro benzene ring substituents is 1. The minimum absolute atomic E-state index is 0.0402. The zero-order valence-electron chi connectivity index (χ0n) is 10.1. The second-order valence-electron chi connectivity index (χ2n) is 3.99. The van der Waals surface area contributed by atoms with Crippen LogP contribution in [0.2, 0.25) is 0 Å². The Balaban J connectivity index is 2.39. The van der Waals surface area contributed by atoms with E-state index in [-0.39, 0.29) is 5.69 Å². The third kappa shape index (κ3) is 2.54. The van der Waals surface area contributed by atoms with Gasteiger partial charge in [0.15, 0.2) is 0 Å². The summed E-state index contributed by atoms with van der Waals surface area (Å²) in [5.41, 5.74) is 2.21. The molecule has 1 aromatic heterocycles. The molecule has 0 amide bonds. The van der Waals surface area contributed by atoms with Gasteiger partial charge < -0.3 is 9.73 Å². The third-order valence-electron chi connectivity index (χ3n) is 2.43. The van der Waals surface area contributed by atoms with Gasteiger partial charge in [0.1, 0.15) is 6.26 Å². The van der Waals surface area contributed by atoms with Gasteiger partial charge in [0.05, 0.1) is 10.6 Å². The molecule has 0 aliphatic heterocycles. The van der Waals surface area contributed by atoms with E-state index in [2.05, 4.69) is 10.3 Å². The summed E-state index contributed by atoms with van der Waals surface area (Å²) in [6.07, 6.45) is 1.54. The van der Waals surface area contributed by atoms with Gasteiger partial charge in [-0.3, -0.25) is 10.1 Å². The molecule has 0 radical (unpaired) electrons. The Morgan fingerprint density at radius 1 is 1.44 bits per heavy atom. The van der Waals surface area contributed by atoms with Crippen molar-refractivity contribution in [3.63, 3.8) is 0 Å². The van der Waals surface area contributed by atoms with E-state index in [1.807, 2.05) is 13.1 Å². The molecule has 0 atom stereocenters. The Morgan fingerprint density at radius 2 is 2.22 bits per heavy atom. The van der Waals surface area contributed by atoms with Gasteiger partial charge in [-0.2, -0.15) is 0 Å². The number of benzene rings is 1. The molecule has 1 heterocycles. The second-order valence-corrected chi connectivity index (χ2v) is 3.99. The molecule has 0 saturated carbocycles. The van der Waals surface area contributed by atoms with Gasteiger partial charge in [-0.1, -0.05) is 0 Å². The van der Waals surface area contributed by atoms with Gasteiger partial charge in [-0.15, -0.1) is 0 Å². The molecule has 6 heteroatoms. The van der Waals surface area contributed by atoms with E-state index in [0.717, 1.165) is 11.3 Å². The number of aromatic nitrogens is 1. The summed E-state index contributed by atoms with van der Waals surface area (Å²) in [5.74, 6) is 0.395. The molecule has 0 saturated heterocycles. The highest BCUT2D eigenvalue weighted by molar-refractivity contribution is 5.59. The van der Waals surface area contributed by atoms with Gasteiger partial charge >= 0.3 is 0 Å². The van der Waals surface area contributed by atoms with Crippen LogP contribution >= 0.6 is 0 Å². The molecule has 0 bridgehead atoms. The van der Waals surface area contributed by atoms with E-state index >= 15 is 0 Å². The van der Waals surface area contributed by atoms with E-state index in [1.165, 1.54) is 12.1 Å². The fourth-order valence-electron chi connectivity index (χ4n) is 1.69. The molecule has 18 heavy (non-hydrogen) atoms. The van der Waals surface area contributed by atoms with Gasteiger partial charge in [0.2, 0.25) is 5.89 Å². The maximum atomic E-state index is 10.8. The molecule has 2 aromatic rings. The van der Waals surface area contributed by atoms with Crippen LogP contribution in [-0.2, 0) is 6.54 Å². The van der Waals surface area contributed by atoms with Crippen molar-refractivity contribution in [1.29, 1.82) is 0 Å². The van der Waals surface area contributed by atoms with Crippen LogP contribution in [0.25, 0.3) is 11.5 Å². The predicted octanol–water partition coefficient (Wildman–Crippen LogP) is 2.28. The number of aryl methyl sites for hydroxylation is 1. The largest absolute Gasteiger partial charge is 0.444 e. The van der Waals surface area contributed by atoms with Crippen LogP contribution in [0.3, 0.4) is 0 Å². The minimum atomic E-state index is -0.423. The average molecular weight is 247 g/mol. The fraction of sp³-hybridized carbons (Fsp3) is 0.250. The normalized spacial score (nSPS) is 10.6. The lowest BCUT2D eigenvalue weighted by Gasteiger charge is -1.99. The number of hydrogen-bond donors (Lipinski definition) is 1. The molecule has 0 spiro atoms. The summed E-state index contributed by atoms with van der Waals surface area (Å²) in [7, 11) is 1.81. The van der Waals surface area contributed by atoms with Crippen LogP contribution in [-0.4, -0.2) is 17.0 Å². The van der Waals surface area contributed by atoms with Crippen molar-refractivity contribution >= 4 is 5.69 Å². The lowest BCUT2D eigenvalue weighted by atomic mass is 10.1. The Morgan fingerprint density at radius 3 is 2.89 bits per heavy atom. The van der Waals surface area contributed by atoms with Crippen molar-refractivity contribution in [3.05, 3.63) is 45.8 Å². The van der Waals surface area contributed by atoms with Crippen molar-refractivity contribution in [1.82, 2.24) is 10.3 Å². The van der Waals surface area contributed by atoms with Crippen LogP contribution < -0.4 is 5.32 Å². The van der Waals surface area contributed by atoms with Crippen molar-refractivity contribution in [2.24, 2.45) is 0 Å². The number of nitrogens with zero attached hydrogens (tertiary/aromatic N) is 2. The van der Waals surface area contributed by atoms with E-state index in [9.17, 15) is 10.1 Å². The monoisotopic (exact) mass is 247 g/mol. The van der Waals surface area contributed by atoms with Crippen LogP contribution in [0, 0.1) is 17.0 Å². The number of nitrogens with one attached hydrogen (secondary N) is 1. The molecule has 1 aromatic carbocycles. The number of rotatable bonds is 4. The van der Waals surface area contributed by atoms with Crippen LogP contribution in [0.5, 0.6) is 0 Å². The first-order valence-corrected chi connectivity index (χ1v) is 5.45. The predicted molar refractivity (Wildman–Crippen MR) is 66.1 cm³/mol. The number of oxazole rings is 1. The lowest BCUT2D eigenvalue weighted by molar-refractivity contribution is -0.384. The highest BCUT2D eigenvalue weighted by Crippen LogP contribution is 2.25. The summed E-state index contributed by atoms with van der Waals surface area (Å²) in [5, 5.41) is 13.7. The quantitative estimate of drug-likeness (QED) is 0.662. The topological polar surface area (TPSA) is 81.2 Å². The first-order valence-electron chi connectivity index (χ1n) is 5.45. The van der Waals surface area contributed by atoms with Gasteiger partial charge in [0.25, 0.3) is 5.69 Å². The average Bonchev–Trinajstić information content (AvgIpc) is 2.77. The SMILES string of the molecule is CNCc1coc(-c2cc(C)cc([N+](=O)[O-])c2)n1. The maximum Gasteiger partial charge on any atom is 0.270 e. The number of hydrogen-bond acceptors (Lipinski definition) is 5. The van der Waals surface area contributed by atoms with Crippen LogP contribution in [0.1, 0.15) is 11.3 Å². The van der Waals surface area contributed by atoms with Crippen molar-refractivity contribution in [3.8, 4) is 11.5 Å². The standard InChI is InChI=1S/C12H13N3O3/c1-8-3-9(5-11(4-8)15(16)17)12-14-10(6-13-2)7-18-12/h3-5,7,13H,6H2,1-2H3. The fourth-order valence-corrected chi connectivity index (χ4v) is 1.69. The Hall–Kier alpha value is -2.21. The molecular weight excluding hydrogens is 234 g/mol. The van der Waals surface area contributed by atoms with E-state index < -0.39 is 4.92 Å². The highest BCUT2D eigenvalue weighted by atomic mass is 16.6. The molecule has 1 N–H and O–H groups in total. The Labute approximate surface area is 104 Å². The van der Waals surface area contributed by atoms with Crippen LogP contribution in [0.4, 0.5) is 5.69 Å². The van der Waals surface area contributed by atoms with E-state index in [4.69, 9.17) is 4.42 Å². The van der Waals surface area contributed by atoms with Gasteiger partial charge in [-0.05, 0) is 25.6 Å². The van der Waals surface area contributed by atoms with Gasteiger partial charge in [0, 0.05) is 24.2 Å². The summed E-state index contributed by atoms with van der Waals surface area (Å²) < 4.78 is 5.32. The van der Waals surface area contributed by atoms with Crippen molar-refractivity contribution < 1.29 is 9.34 Å². The highest BCUT2D eigenvalue weighted by Gasteiger charge is 2.13.